The zero-order valence-electron chi connectivity index (χ0n) is 16.9. The fraction of sp³-hybridized carbons (Fsp3) is 0.304. The van der Waals surface area contributed by atoms with Gasteiger partial charge in [-0.25, -0.2) is 4.39 Å². The number of carbonyl (C=O) groups excluding carboxylic acids is 2. The van der Waals surface area contributed by atoms with E-state index < -0.39 is 23.5 Å². The first-order valence-corrected chi connectivity index (χ1v) is 10.7. The predicted molar refractivity (Wildman–Crippen MR) is 117 cm³/mol. The summed E-state index contributed by atoms with van der Waals surface area (Å²) in [6, 6.07) is 11.8. The highest BCUT2D eigenvalue weighted by Gasteiger charge is 2.46. The fourth-order valence-corrected chi connectivity index (χ4v) is 4.10. The van der Waals surface area contributed by atoms with Crippen molar-refractivity contribution in [1.82, 2.24) is 9.80 Å². The number of aliphatic hydroxyl groups is 1. The number of likely N-dealkylation sites (N-methyl/N-ethyl adjacent to an activating group) is 1. The van der Waals surface area contributed by atoms with E-state index in [0.717, 1.165) is 17.6 Å². The summed E-state index contributed by atoms with van der Waals surface area (Å²) in [5, 5.41) is 10.9. The maximum absolute atomic E-state index is 13.3. The largest absolute Gasteiger partial charge is 0.507 e. The lowest BCUT2D eigenvalue weighted by molar-refractivity contribution is -0.140. The van der Waals surface area contributed by atoms with Gasteiger partial charge in [-0.15, -0.1) is 0 Å². The van der Waals surface area contributed by atoms with Crippen LogP contribution in [0.4, 0.5) is 4.39 Å². The van der Waals surface area contributed by atoms with Gasteiger partial charge in [0.05, 0.1) is 11.6 Å². The molecule has 1 fully saturated rings. The molecule has 30 heavy (non-hydrogen) atoms. The molecule has 1 heterocycles. The Morgan fingerprint density at radius 3 is 2.40 bits per heavy atom. The van der Waals surface area contributed by atoms with E-state index in [4.69, 9.17) is 0 Å². The SMILES string of the molecule is CCN(CC)CCN1C(=O)C(=O)/C(=C(/O)c2ccc(F)cc2)[C@H]1c1cccc(Br)c1. The quantitative estimate of drug-likeness (QED) is 0.368. The molecule has 158 valence electrons. The predicted octanol–water partition coefficient (Wildman–Crippen LogP) is 4.35. The van der Waals surface area contributed by atoms with Crippen LogP contribution in [0.5, 0.6) is 0 Å². The van der Waals surface area contributed by atoms with Gasteiger partial charge in [0.2, 0.25) is 0 Å². The third-order valence-electron chi connectivity index (χ3n) is 5.37. The molecule has 1 N–H and O–H groups in total. The van der Waals surface area contributed by atoms with Crippen LogP contribution >= 0.6 is 15.9 Å². The van der Waals surface area contributed by atoms with Gasteiger partial charge in [-0.05, 0) is 55.1 Å². The van der Waals surface area contributed by atoms with E-state index in [9.17, 15) is 19.1 Å². The molecule has 0 saturated carbocycles. The van der Waals surface area contributed by atoms with Crippen molar-refractivity contribution in [2.45, 2.75) is 19.9 Å². The number of nitrogens with zero attached hydrogens (tertiary/aromatic N) is 2. The van der Waals surface area contributed by atoms with E-state index in [2.05, 4.69) is 20.8 Å². The number of carbonyl (C=O) groups is 2. The van der Waals surface area contributed by atoms with E-state index in [-0.39, 0.29) is 16.9 Å². The summed E-state index contributed by atoms with van der Waals surface area (Å²) in [4.78, 5) is 29.5. The molecule has 2 aromatic rings. The topological polar surface area (TPSA) is 60.9 Å². The standard InChI is InChI=1S/C23H24BrFN2O3/c1-3-26(4-2)12-13-27-20(16-6-5-7-17(24)14-16)19(22(29)23(27)30)21(28)15-8-10-18(25)11-9-15/h5-11,14,20,28H,3-4,12-13H2,1-2H3/b21-19+/t20-/m1/s1. The van der Waals surface area contributed by atoms with Crippen LogP contribution < -0.4 is 0 Å². The van der Waals surface area contributed by atoms with Crippen LogP contribution in [0.1, 0.15) is 31.0 Å². The third kappa shape index (κ3) is 4.47. The highest BCUT2D eigenvalue weighted by atomic mass is 79.9. The van der Waals surface area contributed by atoms with Crippen molar-refractivity contribution in [1.29, 1.82) is 0 Å². The summed E-state index contributed by atoms with van der Waals surface area (Å²) in [5.74, 6) is -2.13. The lowest BCUT2D eigenvalue weighted by atomic mass is 9.95. The number of hydrogen-bond acceptors (Lipinski definition) is 4. The molecule has 0 aromatic heterocycles. The highest BCUT2D eigenvalue weighted by molar-refractivity contribution is 9.10. The number of rotatable bonds is 7. The average molecular weight is 475 g/mol. The molecule has 1 atom stereocenters. The second kappa shape index (κ2) is 9.53. The monoisotopic (exact) mass is 474 g/mol. The van der Waals surface area contributed by atoms with Crippen LogP contribution in [-0.4, -0.2) is 52.8 Å². The van der Waals surface area contributed by atoms with Crippen molar-refractivity contribution >= 4 is 33.4 Å². The Labute approximate surface area is 183 Å². The summed E-state index contributed by atoms with van der Waals surface area (Å²) in [6.07, 6.45) is 0. The maximum atomic E-state index is 13.3. The van der Waals surface area contributed by atoms with Crippen molar-refractivity contribution in [3.05, 3.63) is 75.5 Å². The minimum atomic E-state index is -0.735. The number of Topliss-reactive ketones (excluding diaryl/α,β-unsaturated/α-hetero) is 1. The second-order valence-corrected chi connectivity index (χ2v) is 8.00. The van der Waals surface area contributed by atoms with Crippen molar-refractivity contribution in [2.75, 3.05) is 26.2 Å². The molecule has 0 bridgehead atoms. The van der Waals surface area contributed by atoms with Crippen molar-refractivity contribution in [3.8, 4) is 0 Å². The smallest absolute Gasteiger partial charge is 0.295 e. The third-order valence-corrected chi connectivity index (χ3v) is 5.87. The van der Waals surface area contributed by atoms with Crippen LogP contribution in [0.3, 0.4) is 0 Å². The Hall–Kier alpha value is -2.51. The lowest BCUT2D eigenvalue weighted by Gasteiger charge is -2.28. The number of likely N-dealkylation sites (tertiary alicyclic amines) is 1. The van der Waals surface area contributed by atoms with Gasteiger partial charge in [-0.1, -0.05) is 41.9 Å². The van der Waals surface area contributed by atoms with Gasteiger partial charge < -0.3 is 14.9 Å². The molecular formula is C23H24BrFN2O3. The van der Waals surface area contributed by atoms with Gasteiger partial charge >= 0.3 is 0 Å². The summed E-state index contributed by atoms with van der Waals surface area (Å²) in [7, 11) is 0. The Bertz CT molecular complexity index is 971. The van der Waals surface area contributed by atoms with Crippen molar-refractivity contribution in [3.63, 3.8) is 0 Å². The molecule has 7 heteroatoms. The molecule has 0 spiro atoms. The highest BCUT2D eigenvalue weighted by Crippen LogP contribution is 2.39. The van der Waals surface area contributed by atoms with Gasteiger partial charge in [0.15, 0.2) is 0 Å². The van der Waals surface area contributed by atoms with Gasteiger partial charge in [-0.2, -0.15) is 0 Å². The number of halogens is 2. The summed E-state index contributed by atoms with van der Waals surface area (Å²) in [6.45, 7) is 6.70. The molecule has 0 radical (unpaired) electrons. The maximum Gasteiger partial charge on any atom is 0.295 e. The average Bonchev–Trinajstić information content (AvgIpc) is 2.99. The zero-order chi connectivity index (χ0) is 21.8. The molecule has 3 rings (SSSR count). The van der Waals surface area contributed by atoms with Crippen LogP contribution in [0.2, 0.25) is 0 Å². The second-order valence-electron chi connectivity index (χ2n) is 7.08. The van der Waals surface area contributed by atoms with Crippen molar-refractivity contribution in [2.24, 2.45) is 0 Å². The van der Waals surface area contributed by atoms with E-state index in [1.165, 1.54) is 29.2 Å². The molecule has 1 aliphatic heterocycles. The van der Waals surface area contributed by atoms with Gasteiger partial charge in [0, 0.05) is 23.1 Å². The fourth-order valence-electron chi connectivity index (χ4n) is 3.69. The minimum Gasteiger partial charge on any atom is -0.507 e. The first kappa shape index (κ1) is 22.2. The minimum absolute atomic E-state index is 0.0178. The summed E-state index contributed by atoms with van der Waals surface area (Å²) >= 11 is 3.44. The molecule has 1 saturated heterocycles. The van der Waals surface area contributed by atoms with E-state index in [1.54, 1.807) is 0 Å². The molecule has 1 aliphatic rings. The van der Waals surface area contributed by atoms with E-state index in [1.807, 2.05) is 38.1 Å². The number of hydrogen-bond donors (Lipinski definition) is 1. The molecule has 2 aromatic carbocycles. The van der Waals surface area contributed by atoms with Crippen LogP contribution in [0.25, 0.3) is 5.76 Å². The lowest BCUT2D eigenvalue weighted by Crippen LogP contribution is -2.38. The van der Waals surface area contributed by atoms with Gasteiger partial charge in [0.25, 0.3) is 11.7 Å². The molecule has 0 unspecified atom stereocenters. The first-order chi connectivity index (χ1) is 14.4. The van der Waals surface area contributed by atoms with Crippen molar-refractivity contribution < 1.29 is 19.1 Å². The number of amides is 1. The number of ketones is 1. The van der Waals surface area contributed by atoms with Crippen LogP contribution in [0, 0.1) is 5.82 Å². The number of benzene rings is 2. The Balaban J connectivity index is 2.09. The molecule has 0 aliphatic carbocycles. The summed E-state index contributed by atoms with van der Waals surface area (Å²) < 4.78 is 14.1. The molecule has 1 amide bonds. The zero-order valence-corrected chi connectivity index (χ0v) is 18.5. The van der Waals surface area contributed by atoms with Gasteiger partial charge in [-0.3, -0.25) is 9.59 Å². The van der Waals surface area contributed by atoms with E-state index in [0.29, 0.717) is 18.7 Å². The van der Waals surface area contributed by atoms with Crippen LogP contribution in [-0.2, 0) is 9.59 Å². The van der Waals surface area contributed by atoms with Crippen LogP contribution in [0.15, 0.2) is 58.6 Å². The molecule has 5 nitrogen and oxygen atoms in total. The number of aliphatic hydroxyl groups excluding tert-OH is 1. The van der Waals surface area contributed by atoms with E-state index >= 15 is 0 Å². The van der Waals surface area contributed by atoms with Gasteiger partial charge in [0.1, 0.15) is 11.6 Å². The first-order valence-electron chi connectivity index (χ1n) is 9.89. The Morgan fingerprint density at radius 1 is 1.13 bits per heavy atom. The Morgan fingerprint density at radius 2 is 1.80 bits per heavy atom. The summed E-state index contributed by atoms with van der Waals surface area (Å²) in [5.41, 5.74) is 1.02. The normalized spacial score (nSPS) is 18.4. The molecular weight excluding hydrogens is 451 g/mol. The Kier molecular flexibility index (Phi) is 7.05.